The lowest BCUT2D eigenvalue weighted by atomic mass is 10.2. The normalized spacial score (nSPS) is 23.8. The van der Waals surface area contributed by atoms with Gasteiger partial charge in [0.2, 0.25) is 0 Å². The van der Waals surface area contributed by atoms with Gasteiger partial charge in [0, 0.05) is 23.8 Å². The molecule has 1 heterocycles. The van der Waals surface area contributed by atoms with Crippen molar-refractivity contribution in [3.8, 4) is 0 Å². The van der Waals surface area contributed by atoms with E-state index in [-0.39, 0.29) is 12.2 Å². The Morgan fingerprint density at radius 2 is 2.06 bits per heavy atom. The van der Waals surface area contributed by atoms with Crippen LogP contribution in [0, 0.1) is 0 Å². The van der Waals surface area contributed by atoms with Crippen LogP contribution in [-0.2, 0) is 4.74 Å². The molecule has 1 aliphatic heterocycles. The highest BCUT2D eigenvalue weighted by atomic mass is 35.5. The van der Waals surface area contributed by atoms with E-state index in [1.165, 1.54) is 0 Å². The van der Waals surface area contributed by atoms with Crippen LogP contribution in [0.5, 0.6) is 0 Å². The van der Waals surface area contributed by atoms with Crippen LogP contribution < -0.4 is 5.32 Å². The van der Waals surface area contributed by atoms with Gasteiger partial charge in [-0.05, 0) is 44.3 Å². The van der Waals surface area contributed by atoms with E-state index in [0.29, 0.717) is 5.02 Å². The van der Waals surface area contributed by atoms with Crippen LogP contribution in [0.2, 0.25) is 5.02 Å². The molecule has 3 nitrogen and oxygen atoms in total. The number of ether oxygens (including phenoxy) is 1. The van der Waals surface area contributed by atoms with Gasteiger partial charge in [-0.15, -0.1) is 0 Å². The second-order valence-corrected chi connectivity index (χ2v) is 5.43. The highest BCUT2D eigenvalue weighted by Crippen LogP contribution is 2.17. The molecular weight excluding hydrogens is 268 g/mol. The third kappa shape index (κ3) is 3.57. The summed E-state index contributed by atoms with van der Waals surface area (Å²) in [6.45, 7) is 5.75. The third-order valence-electron chi connectivity index (χ3n) is 2.78. The summed E-state index contributed by atoms with van der Waals surface area (Å²) in [6, 6.07) is 7.55. The maximum absolute atomic E-state index is 5.94. The predicted octanol–water partition coefficient (Wildman–Crippen LogP) is 3.15. The van der Waals surface area contributed by atoms with E-state index >= 15 is 0 Å². The lowest BCUT2D eigenvalue weighted by Crippen LogP contribution is -2.49. The number of morpholine rings is 1. The molecule has 1 aromatic rings. The fraction of sp³-hybridized carbons (Fsp3) is 0.462. The molecule has 2 rings (SSSR count). The molecule has 1 aliphatic rings. The van der Waals surface area contributed by atoms with E-state index < -0.39 is 0 Å². The molecule has 1 fully saturated rings. The Kier molecular flexibility index (Phi) is 4.43. The van der Waals surface area contributed by atoms with Crippen molar-refractivity contribution in [1.29, 1.82) is 0 Å². The summed E-state index contributed by atoms with van der Waals surface area (Å²) in [4.78, 5) is 2.13. The Bertz CT molecular complexity index is 431. The highest BCUT2D eigenvalue weighted by Gasteiger charge is 2.23. The van der Waals surface area contributed by atoms with Crippen molar-refractivity contribution in [2.75, 3.05) is 18.4 Å². The molecule has 0 bridgehead atoms. The molecule has 1 saturated heterocycles. The van der Waals surface area contributed by atoms with Crippen LogP contribution >= 0.6 is 23.8 Å². The molecule has 0 aromatic heterocycles. The summed E-state index contributed by atoms with van der Waals surface area (Å²) in [5.41, 5.74) is 0.916. The molecular formula is C13H17ClN2OS. The van der Waals surface area contributed by atoms with Crippen molar-refractivity contribution < 1.29 is 4.74 Å². The minimum absolute atomic E-state index is 0.202. The zero-order valence-electron chi connectivity index (χ0n) is 10.5. The first-order valence-corrected chi connectivity index (χ1v) is 6.80. The Labute approximate surface area is 118 Å². The van der Waals surface area contributed by atoms with Gasteiger partial charge in [-0.2, -0.15) is 0 Å². The highest BCUT2D eigenvalue weighted by molar-refractivity contribution is 7.80. The number of nitrogens with zero attached hydrogens (tertiary/aromatic N) is 1. The lowest BCUT2D eigenvalue weighted by molar-refractivity contribution is -0.0473. The van der Waals surface area contributed by atoms with Gasteiger partial charge in [0.25, 0.3) is 0 Å². The zero-order valence-corrected chi connectivity index (χ0v) is 12.1. The van der Waals surface area contributed by atoms with Crippen molar-refractivity contribution in [2.45, 2.75) is 26.1 Å². The maximum atomic E-state index is 5.94. The van der Waals surface area contributed by atoms with E-state index in [4.69, 9.17) is 28.6 Å². The van der Waals surface area contributed by atoms with Gasteiger partial charge in [-0.1, -0.05) is 17.7 Å². The van der Waals surface area contributed by atoms with E-state index in [2.05, 4.69) is 24.1 Å². The van der Waals surface area contributed by atoms with Gasteiger partial charge < -0.3 is 15.0 Å². The van der Waals surface area contributed by atoms with Crippen molar-refractivity contribution in [3.05, 3.63) is 29.3 Å². The zero-order chi connectivity index (χ0) is 13.1. The fourth-order valence-electron chi connectivity index (χ4n) is 2.11. The SMILES string of the molecule is C[C@@H]1CN(C(=S)Nc2cccc(Cl)c2)C[C@@H](C)O1. The van der Waals surface area contributed by atoms with Gasteiger partial charge in [0.05, 0.1) is 12.2 Å². The molecule has 18 heavy (non-hydrogen) atoms. The first-order valence-electron chi connectivity index (χ1n) is 6.01. The second-order valence-electron chi connectivity index (χ2n) is 4.60. The summed E-state index contributed by atoms with van der Waals surface area (Å²) in [6.07, 6.45) is 0.403. The monoisotopic (exact) mass is 284 g/mol. The summed E-state index contributed by atoms with van der Waals surface area (Å²) >= 11 is 11.4. The van der Waals surface area contributed by atoms with Crippen molar-refractivity contribution in [1.82, 2.24) is 4.90 Å². The van der Waals surface area contributed by atoms with Gasteiger partial charge in [0.15, 0.2) is 5.11 Å². The quantitative estimate of drug-likeness (QED) is 0.801. The lowest BCUT2D eigenvalue weighted by Gasteiger charge is -2.36. The number of thiocarbonyl (C=S) groups is 1. The fourth-order valence-corrected chi connectivity index (χ4v) is 2.57. The van der Waals surface area contributed by atoms with E-state index in [9.17, 15) is 0 Å². The van der Waals surface area contributed by atoms with Crippen LogP contribution in [0.4, 0.5) is 5.69 Å². The molecule has 0 saturated carbocycles. The Balaban J connectivity index is 1.99. The Morgan fingerprint density at radius 3 is 2.67 bits per heavy atom. The number of rotatable bonds is 1. The van der Waals surface area contributed by atoms with Crippen LogP contribution in [0.15, 0.2) is 24.3 Å². The van der Waals surface area contributed by atoms with Crippen molar-refractivity contribution in [3.63, 3.8) is 0 Å². The molecule has 0 spiro atoms. The van der Waals surface area contributed by atoms with Gasteiger partial charge >= 0.3 is 0 Å². The molecule has 5 heteroatoms. The predicted molar refractivity (Wildman–Crippen MR) is 79.3 cm³/mol. The number of anilines is 1. The van der Waals surface area contributed by atoms with Crippen LogP contribution in [0.1, 0.15) is 13.8 Å². The Hall–Kier alpha value is -0.840. The van der Waals surface area contributed by atoms with Crippen LogP contribution in [0.25, 0.3) is 0 Å². The summed E-state index contributed by atoms with van der Waals surface area (Å²) in [5, 5.41) is 4.63. The molecule has 98 valence electrons. The van der Waals surface area contributed by atoms with Crippen LogP contribution in [-0.4, -0.2) is 35.3 Å². The largest absolute Gasteiger partial charge is 0.372 e. The minimum atomic E-state index is 0.202. The molecule has 1 N–H and O–H groups in total. The molecule has 0 amide bonds. The molecule has 2 atom stereocenters. The third-order valence-corrected chi connectivity index (χ3v) is 3.38. The van der Waals surface area contributed by atoms with Crippen LogP contribution in [0.3, 0.4) is 0 Å². The molecule has 0 radical (unpaired) electrons. The second kappa shape index (κ2) is 5.87. The standard InChI is InChI=1S/C13H17ClN2OS/c1-9-7-16(8-10(2)17-9)13(18)15-12-5-3-4-11(14)6-12/h3-6,9-10H,7-8H2,1-2H3,(H,15,18)/t9-,10-/m1/s1. The summed E-state index contributed by atoms with van der Waals surface area (Å²) < 4.78 is 5.69. The average Bonchev–Trinajstić information content (AvgIpc) is 2.27. The first-order chi connectivity index (χ1) is 8.54. The van der Waals surface area contributed by atoms with Gasteiger partial charge in [-0.25, -0.2) is 0 Å². The number of halogens is 1. The average molecular weight is 285 g/mol. The van der Waals surface area contributed by atoms with Crippen molar-refractivity contribution >= 4 is 34.6 Å². The Morgan fingerprint density at radius 1 is 1.39 bits per heavy atom. The summed E-state index contributed by atoms with van der Waals surface area (Å²) in [5.74, 6) is 0. The van der Waals surface area contributed by atoms with E-state index in [1.54, 1.807) is 0 Å². The molecule has 0 aliphatic carbocycles. The van der Waals surface area contributed by atoms with E-state index in [1.807, 2.05) is 24.3 Å². The topological polar surface area (TPSA) is 24.5 Å². The first kappa shape index (κ1) is 13.6. The maximum Gasteiger partial charge on any atom is 0.173 e. The number of nitrogens with one attached hydrogen (secondary N) is 1. The molecule has 0 unspecified atom stereocenters. The smallest absolute Gasteiger partial charge is 0.173 e. The number of hydrogen-bond donors (Lipinski definition) is 1. The van der Waals surface area contributed by atoms with Crippen molar-refractivity contribution in [2.24, 2.45) is 0 Å². The minimum Gasteiger partial charge on any atom is -0.372 e. The number of benzene rings is 1. The number of hydrogen-bond acceptors (Lipinski definition) is 2. The molecule has 1 aromatic carbocycles. The van der Waals surface area contributed by atoms with E-state index in [0.717, 1.165) is 23.9 Å². The van der Waals surface area contributed by atoms with Gasteiger partial charge in [0.1, 0.15) is 0 Å². The summed E-state index contributed by atoms with van der Waals surface area (Å²) in [7, 11) is 0. The van der Waals surface area contributed by atoms with Gasteiger partial charge in [-0.3, -0.25) is 0 Å².